The minimum Gasteiger partial charge on any atom is -0.496 e. The molecular formula is C17H17N3O2. The number of methoxy groups -OCH3 is 1. The van der Waals surface area contributed by atoms with E-state index >= 15 is 0 Å². The molecule has 112 valence electrons. The minimum atomic E-state index is -0.690. The van der Waals surface area contributed by atoms with Crippen molar-refractivity contribution >= 4 is 16.7 Å². The fourth-order valence-electron chi connectivity index (χ4n) is 2.39. The van der Waals surface area contributed by atoms with Gasteiger partial charge in [0.15, 0.2) is 0 Å². The molecule has 1 atom stereocenters. The van der Waals surface area contributed by atoms with Crippen molar-refractivity contribution in [2.45, 2.75) is 6.10 Å². The fraction of sp³-hybridized carbons (Fsp3) is 0.176. The monoisotopic (exact) mass is 295 g/mol. The number of aromatic nitrogens is 2. The third-order valence-electron chi connectivity index (χ3n) is 3.50. The number of anilines is 1. The number of benzene rings is 2. The van der Waals surface area contributed by atoms with Crippen LogP contribution in [-0.4, -0.2) is 28.7 Å². The highest BCUT2D eigenvalue weighted by Gasteiger charge is 2.13. The van der Waals surface area contributed by atoms with E-state index in [-0.39, 0.29) is 0 Å². The molecule has 0 aliphatic heterocycles. The Morgan fingerprint density at radius 3 is 2.73 bits per heavy atom. The highest BCUT2D eigenvalue weighted by molar-refractivity contribution is 5.88. The second kappa shape index (κ2) is 6.41. The molecule has 1 aromatic heterocycles. The lowest BCUT2D eigenvalue weighted by molar-refractivity contribution is 0.187. The summed E-state index contributed by atoms with van der Waals surface area (Å²) < 4.78 is 5.28. The molecule has 22 heavy (non-hydrogen) atoms. The van der Waals surface area contributed by atoms with Gasteiger partial charge in [-0.25, -0.2) is 9.97 Å². The molecule has 0 saturated heterocycles. The van der Waals surface area contributed by atoms with Crippen LogP contribution in [-0.2, 0) is 0 Å². The quantitative estimate of drug-likeness (QED) is 0.757. The van der Waals surface area contributed by atoms with E-state index in [0.29, 0.717) is 18.1 Å². The van der Waals surface area contributed by atoms with Crippen LogP contribution in [0.15, 0.2) is 54.9 Å². The van der Waals surface area contributed by atoms with Crippen molar-refractivity contribution in [3.05, 3.63) is 60.4 Å². The number of hydrogen-bond donors (Lipinski definition) is 2. The van der Waals surface area contributed by atoms with E-state index in [0.717, 1.165) is 16.5 Å². The van der Waals surface area contributed by atoms with Crippen LogP contribution >= 0.6 is 0 Å². The smallest absolute Gasteiger partial charge is 0.137 e. The SMILES string of the molecule is COc1ccccc1[C@H](O)CNc1ncnc2ccccc12. The van der Waals surface area contributed by atoms with Gasteiger partial charge >= 0.3 is 0 Å². The van der Waals surface area contributed by atoms with Gasteiger partial charge in [0.1, 0.15) is 17.9 Å². The fourth-order valence-corrected chi connectivity index (χ4v) is 2.39. The van der Waals surface area contributed by atoms with E-state index in [1.165, 1.54) is 6.33 Å². The molecule has 0 amide bonds. The number of hydrogen-bond acceptors (Lipinski definition) is 5. The molecule has 3 aromatic rings. The molecular weight excluding hydrogens is 278 g/mol. The molecule has 2 N–H and O–H groups in total. The van der Waals surface area contributed by atoms with Crippen LogP contribution in [0.5, 0.6) is 5.75 Å². The molecule has 0 unspecified atom stereocenters. The van der Waals surface area contributed by atoms with Crippen LogP contribution < -0.4 is 10.1 Å². The third kappa shape index (κ3) is 2.84. The number of nitrogens with one attached hydrogen (secondary N) is 1. The first-order valence-electron chi connectivity index (χ1n) is 7.04. The van der Waals surface area contributed by atoms with Crippen molar-refractivity contribution in [3.8, 4) is 5.75 Å². The van der Waals surface area contributed by atoms with Gasteiger partial charge in [0.2, 0.25) is 0 Å². The number of rotatable bonds is 5. The van der Waals surface area contributed by atoms with Gasteiger partial charge in [-0.15, -0.1) is 0 Å². The largest absolute Gasteiger partial charge is 0.496 e. The highest BCUT2D eigenvalue weighted by Crippen LogP contribution is 2.25. The van der Waals surface area contributed by atoms with Gasteiger partial charge in [-0.05, 0) is 18.2 Å². The molecule has 5 heteroatoms. The lowest BCUT2D eigenvalue weighted by Crippen LogP contribution is -2.14. The van der Waals surface area contributed by atoms with E-state index < -0.39 is 6.10 Å². The van der Waals surface area contributed by atoms with Gasteiger partial charge in [-0.2, -0.15) is 0 Å². The summed E-state index contributed by atoms with van der Waals surface area (Å²) in [6, 6.07) is 15.2. The summed E-state index contributed by atoms with van der Waals surface area (Å²) in [6.07, 6.45) is 0.824. The molecule has 0 saturated carbocycles. The van der Waals surface area contributed by atoms with Gasteiger partial charge in [-0.3, -0.25) is 0 Å². The van der Waals surface area contributed by atoms with E-state index in [4.69, 9.17) is 4.74 Å². The predicted molar refractivity (Wildman–Crippen MR) is 86.0 cm³/mol. The summed E-state index contributed by atoms with van der Waals surface area (Å²) in [4.78, 5) is 8.47. The number of para-hydroxylation sites is 2. The Bertz CT molecular complexity index is 771. The molecule has 0 aliphatic carbocycles. The molecule has 3 rings (SSSR count). The zero-order chi connectivity index (χ0) is 15.4. The molecule has 0 spiro atoms. The average Bonchev–Trinajstić information content (AvgIpc) is 2.59. The van der Waals surface area contributed by atoms with Crippen LogP contribution in [0.2, 0.25) is 0 Å². The van der Waals surface area contributed by atoms with Gasteiger partial charge < -0.3 is 15.2 Å². The van der Waals surface area contributed by atoms with Crippen molar-refractivity contribution in [1.29, 1.82) is 0 Å². The normalized spacial score (nSPS) is 12.1. The number of aliphatic hydroxyl groups is 1. The summed E-state index contributed by atoms with van der Waals surface area (Å²) in [7, 11) is 1.59. The Morgan fingerprint density at radius 2 is 1.86 bits per heavy atom. The number of aliphatic hydroxyl groups excluding tert-OH is 1. The Hall–Kier alpha value is -2.66. The molecule has 2 aromatic carbocycles. The molecule has 0 bridgehead atoms. The maximum absolute atomic E-state index is 10.4. The number of fused-ring (bicyclic) bond motifs is 1. The first-order valence-corrected chi connectivity index (χ1v) is 7.04. The van der Waals surface area contributed by atoms with Crippen molar-refractivity contribution in [2.24, 2.45) is 0 Å². The molecule has 0 aliphatic rings. The maximum Gasteiger partial charge on any atom is 0.137 e. The number of ether oxygens (including phenoxy) is 1. The highest BCUT2D eigenvalue weighted by atomic mass is 16.5. The second-order valence-electron chi connectivity index (χ2n) is 4.88. The average molecular weight is 295 g/mol. The standard InChI is InChI=1S/C17H17N3O2/c1-22-16-9-5-3-7-13(16)15(21)10-18-17-12-6-2-4-8-14(12)19-11-20-17/h2-9,11,15,21H,10H2,1H3,(H,18,19,20)/t15-/m1/s1. The summed E-state index contributed by atoms with van der Waals surface area (Å²) in [5, 5.41) is 14.5. The first-order chi connectivity index (χ1) is 10.8. The van der Waals surface area contributed by atoms with Crippen molar-refractivity contribution < 1.29 is 9.84 Å². The van der Waals surface area contributed by atoms with Crippen LogP contribution in [0.4, 0.5) is 5.82 Å². The van der Waals surface area contributed by atoms with Crippen LogP contribution in [0, 0.1) is 0 Å². The predicted octanol–water partition coefficient (Wildman–Crippen LogP) is 2.78. The van der Waals surface area contributed by atoms with E-state index in [1.807, 2.05) is 48.5 Å². The first kappa shape index (κ1) is 14.3. The number of nitrogens with zero attached hydrogens (tertiary/aromatic N) is 2. The Kier molecular flexibility index (Phi) is 4.16. The van der Waals surface area contributed by atoms with Crippen LogP contribution in [0.3, 0.4) is 0 Å². The van der Waals surface area contributed by atoms with Gasteiger partial charge in [0.05, 0.1) is 18.7 Å². The summed E-state index contributed by atoms with van der Waals surface area (Å²) in [5.74, 6) is 1.38. The molecule has 0 radical (unpaired) electrons. The topological polar surface area (TPSA) is 67.3 Å². The van der Waals surface area contributed by atoms with E-state index in [2.05, 4.69) is 15.3 Å². The van der Waals surface area contributed by atoms with Crippen molar-refractivity contribution in [3.63, 3.8) is 0 Å². The second-order valence-corrected chi connectivity index (χ2v) is 4.88. The Morgan fingerprint density at radius 1 is 1.09 bits per heavy atom. The summed E-state index contributed by atoms with van der Waals surface area (Å²) in [5.41, 5.74) is 1.61. The third-order valence-corrected chi connectivity index (χ3v) is 3.50. The van der Waals surface area contributed by atoms with Crippen LogP contribution in [0.25, 0.3) is 10.9 Å². The Balaban J connectivity index is 1.79. The molecule has 5 nitrogen and oxygen atoms in total. The minimum absolute atomic E-state index is 0.335. The lowest BCUT2D eigenvalue weighted by atomic mass is 10.1. The molecule has 1 heterocycles. The van der Waals surface area contributed by atoms with Crippen molar-refractivity contribution in [2.75, 3.05) is 19.0 Å². The lowest BCUT2D eigenvalue weighted by Gasteiger charge is -2.16. The summed E-state index contributed by atoms with van der Waals surface area (Å²) >= 11 is 0. The van der Waals surface area contributed by atoms with Gasteiger partial charge in [0.25, 0.3) is 0 Å². The maximum atomic E-state index is 10.4. The van der Waals surface area contributed by atoms with Crippen molar-refractivity contribution in [1.82, 2.24) is 9.97 Å². The van der Waals surface area contributed by atoms with Gasteiger partial charge in [0, 0.05) is 17.5 Å². The zero-order valence-corrected chi connectivity index (χ0v) is 12.2. The van der Waals surface area contributed by atoms with Crippen LogP contribution in [0.1, 0.15) is 11.7 Å². The van der Waals surface area contributed by atoms with E-state index in [9.17, 15) is 5.11 Å². The van der Waals surface area contributed by atoms with E-state index in [1.54, 1.807) is 7.11 Å². The molecule has 0 fully saturated rings. The summed E-state index contributed by atoms with van der Waals surface area (Å²) in [6.45, 7) is 0.335. The zero-order valence-electron chi connectivity index (χ0n) is 12.2. The van der Waals surface area contributed by atoms with Gasteiger partial charge in [-0.1, -0.05) is 30.3 Å². The Labute approximate surface area is 128 Å².